The molecular formula is C21H22N6O3. The van der Waals surface area contributed by atoms with Gasteiger partial charge in [-0.15, -0.1) is 0 Å². The fourth-order valence-electron chi connectivity index (χ4n) is 2.93. The largest absolute Gasteiger partial charge is 0.363 e. The van der Waals surface area contributed by atoms with E-state index in [2.05, 4.69) is 20.4 Å². The third kappa shape index (κ3) is 4.75. The lowest BCUT2D eigenvalue weighted by atomic mass is 10.0. The van der Waals surface area contributed by atoms with Crippen molar-refractivity contribution in [2.45, 2.75) is 32.2 Å². The fraction of sp³-hybridized carbons (Fsp3) is 0.238. The van der Waals surface area contributed by atoms with Crippen molar-refractivity contribution in [1.29, 1.82) is 0 Å². The predicted molar refractivity (Wildman–Crippen MR) is 110 cm³/mol. The van der Waals surface area contributed by atoms with Crippen molar-refractivity contribution in [2.75, 3.05) is 0 Å². The summed E-state index contributed by atoms with van der Waals surface area (Å²) in [6.07, 6.45) is 6.67. The first-order chi connectivity index (χ1) is 14.5. The van der Waals surface area contributed by atoms with Gasteiger partial charge in [0, 0.05) is 18.6 Å². The highest BCUT2D eigenvalue weighted by molar-refractivity contribution is 6.38. The van der Waals surface area contributed by atoms with Crippen LogP contribution in [0.15, 0.2) is 55.0 Å². The number of carbonyl (C=O) groups is 3. The van der Waals surface area contributed by atoms with Crippen LogP contribution >= 0.6 is 0 Å². The summed E-state index contributed by atoms with van der Waals surface area (Å²) in [5, 5.41) is 7.07. The molecule has 2 amide bonds. The molecular weight excluding hydrogens is 384 g/mol. The van der Waals surface area contributed by atoms with Gasteiger partial charge in [-0.25, -0.2) is 9.67 Å². The number of ketones is 1. The summed E-state index contributed by atoms with van der Waals surface area (Å²) in [6.45, 7) is 1.95. The topological polar surface area (TPSA) is 133 Å². The fourth-order valence-corrected chi connectivity index (χ4v) is 2.93. The first-order valence-corrected chi connectivity index (χ1v) is 9.58. The van der Waals surface area contributed by atoms with Crippen molar-refractivity contribution < 1.29 is 14.4 Å². The number of Topliss-reactive ketones (excluding diaryl/α,β-unsaturated/α-hetero) is 1. The van der Waals surface area contributed by atoms with Gasteiger partial charge in [0.15, 0.2) is 5.82 Å². The Morgan fingerprint density at radius 1 is 1.07 bits per heavy atom. The number of aromatic nitrogens is 4. The Balaban J connectivity index is 1.87. The van der Waals surface area contributed by atoms with Crippen LogP contribution in [0.5, 0.6) is 0 Å². The number of unbranched alkanes of at least 4 members (excludes halogenated alkanes) is 1. The van der Waals surface area contributed by atoms with Crippen molar-refractivity contribution in [1.82, 2.24) is 25.1 Å². The second-order valence-electron chi connectivity index (χ2n) is 6.63. The van der Waals surface area contributed by atoms with Gasteiger partial charge in [-0.05, 0) is 36.8 Å². The van der Waals surface area contributed by atoms with Gasteiger partial charge in [0.05, 0.1) is 17.3 Å². The number of nitrogens with zero attached hydrogens (tertiary/aromatic N) is 4. The van der Waals surface area contributed by atoms with Gasteiger partial charge in [0.2, 0.25) is 5.78 Å². The summed E-state index contributed by atoms with van der Waals surface area (Å²) in [4.78, 5) is 44.9. The molecule has 0 saturated carbocycles. The maximum Gasteiger partial charge on any atom is 0.287 e. The Labute approximate surface area is 173 Å². The van der Waals surface area contributed by atoms with Gasteiger partial charge < -0.3 is 11.1 Å². The highest BCUT2D eigenvalue weighted by Crippen LogP contribution is 2.17. The summed E-state index contributed by atoms with van der Waals surface area (Å²) in [7, 11) is 0. The lowest BCUT2D eigenvalue weighted by Crippen LogP contribution is -2.46. The standard InChI is InChI=1S/C21H22N6O3/c1-2-3-8-17(18(28)19(22)29)25-21(30)14-7-6-12-24-20(14)27-13-10-16(26-27)15-9-4-5-11-23-15/h4-7,9-13,17H,2-3,8H2,1H3,(H2,22,29)(H,25,30). The molecule has 0 aliphatic carbocycles. The molecule has 0 aromatic carbocycles. The summed E-state index contributed by atoms with van der Waals surface area (Å²) in [5.41, 5.74) is 6.65. The highest BCUT2D eigenvalue weighted by atomic mass is 16.2. The number of primary amides is 1. The average molecular weight is 406 g/mol. The van der Waals surface area contributed by atoms with Gasteiger partial charge in [-0.1, -0.05) is 25.8 Å². The summed E-state index contributed by atoms with van der Waals surface area (Å²) in [6, 6.07) is 9.46. The molecule has 0 aliphatic rings. The van der Waals surface area contributed by atoms with E-state index in [1.165, 1.54) is 10.9 Å². The molecule has 9 nitrogen and oxygen atoms in total. The minimum Gasteiger partial charge on any atom is -0.363 e. The molecule has 1 atom stereocenters. The van der Waals surface area contributed by atoms with Crippen LogP contribution < -0.4 is 11.1 Å². The second kappa shape index (κ2) is 9.55. The maximum absolute atomic E-state index is 12.9. The number of carbonyl (C=O) groups excluding carboxylic acids is 3. The number of hydrogen-bond donors (Lipinski definition) is 2. The number of pyridine rings is 2. The first-order valence-electron chi connectivity index (χ1n) is 9.58. The lowest BCUT2D eigenvalue weighted by Gasteiger charge is -2.17. The van der Waals surface area contributed by atoms with Crippen LogP contribution in [0.25, 0.3) is 17.2 Å². The third-order valence-corrected chi connectivity index (χ3v) is 4.48. The van der Waals surface area contributed by atoms with E-state index in [1.54, 1.807) is 30.6 Å². The number of rotatable bonds is 9. The van der Waals surface area contributed by atoms with Gasteiger partial charge in [0.25, 0.3) is 11.8 Å². The first kappa shape index (κ1) is 20.8. The Hall–Kier alpha value is -3.88. The summed E-state index contributed by atoms with van der Waals surface area (Å²) < 4.78 is 1.47. The monoisotopic (exact) mass is 406 g/mol. The molecule has 0 fully saturated rings. The van der Waals surface area contributed by atoms with E-state index in [1.807, 2.05) is 25.1 Å². The minimum absolute atomic E-state index is 0.215. The van der Waals surface area contributed by atoms with Crippen LogP contribution in [0.1, 0.15) is 36.5 Å². The number of amides is 2. The zero-order valence-corrected chi connectivity index (χ0v) is 16.5. The van der Waals surface area contributed by atoms with Crippen LogP contribution in [-0.4, -0.2) is 43.4 Å². The maximum atomic E-state index is 12.9. The third-order valence-electron chi connectivity index (χ3n) is 4.48. The van der Waals surface area contributed by atoms with E-state index >= 15 is 0 Å². The van der Waals surface area contributed by atoms with Gasteiger partial charge in [-0.2, -0.15) is 5.10 Å². The van der Waals surface area contributed by atoms with Gasteiger partial charge in [-0.3, -0.25) is 19.4 Å². The van der Waals surface area contributed by atoms with Gasteiger partial charge in [0.1, 0.15) is 5.69 Å². The Kier molecular flexibility index (Phi) is 6.63. The number of hydrogen-bond acceptors (Lipinski definition) is 6. The van der Waals surface area contributed by atoms with E-state index in [-0.39, 0.29) is 11.4 Å². The molecule has 3 heterocycles. The van der Waals surface area contributed by atoms with Crippen molar-refractivity contribution in [3.05, 3.63) is 60.6 Å². The molecule has 3 rings (SSSR count). The molecule has 3 aromatic rings. The van der Waals surface area contributed by atoms with Crippen LogP contribution in [0, 0.1) is 0 Å². The predicted octanol–water partition coefficient (Wildman–Crippen LogP) is 1.67. The van der Waals surface area contributed by atoms with Crippen molar-refractivity contribution in [3.63, 3.8) is 0 Å². The van der Waals surface area contributed by atoms with E-state index in [0.29, 0.717) is 24.2 Å². The van der Waals surface area contributed by atoms with E-state index in [9.17, 15) is 14.4 Å². The van der Waals surface area contributed by atoms with Crippen LogP contribution in [0.2, 0.25) is 0 Å². The molecule has 3 aromatic heterocycles. The molecule has 0 saturated heterocycles. The molecule has 0 radical (unpaired) electrons. The van der Waals surface area contributed by atoms with Gasteiger partial charge >= 0.3 is 0 Å². The van der Waals surface area contributed by atoms with E-state index in [0.717, 1.165) is 6.42 Å². The average Bonchev–Trinajstić information content (AvgIpc) is 3.26. The molecule has 0 spiro atoms. The van der Waals surface area contributed by atoms with E-state index in [4.69, 9.17) is 5.73 Å². The van der Waals surface area contributed by atoms with Crippen molar-refractivity contribution in [2.24, 2.45) is 5.73 Å². The molecule has 0 bridgehead atoms. The smallest absolute Gasteiger partial charge is 0.287 e. The quantitative estimate of drug-likeness (QED) is 0.519. The van der Waals surface area contributed by atoms with Crippen LogP contribution in [0.4, 0.5) is 0 Å². The Morgan fingerprint density at radius 2 is 1.87 bits per heavy atom. The van der Waals surface area contributed by atoms with Crippen LogP contribution in [-0.2, 0) is 9.59 Å². The molecule has 1 unspecified atom stereocenters. The molecule has 3 N–H and O–H groups in total. The molecule has 30 heavy (non-hydrogen) atoms. The SMILES string of the molecule is CCCCC(NC(=O)c1cccnc1-n1ccc(-c2ccccn2)n1)C(=O)C(N)=O. The highest BCUT2D eigenvalue weighted by Gasteiger charge is 2.26. The minimum atomic E-state index is -1.07. The molecule has 9 heteroatoms. The summed E-state index contributed by atoms with van der Waals surface area (Å²) in [5.74, 6) is -2.14. The normalized spacial score (nSPS) is 11.6. The zero-order valence-electron chi connectivity index (χ0n) is 16.5. The van der Waals surface area contributed by atoms with Crippen LogP contribution in [0.3, 0.4) is 0 Å². The van der Waals surface area contributed by atoms with Crippen molar-refractivity contribution >= 4 is 17.6 Å². The van der Waals surface area contributed by atoms with Crippen molar-refractivity contribution in [3.8, 4) is 17.2 Å². The van der Waals surface area contributed by atoms with E-state index < -0.39 is 23.6 Å². The molecule has 154 valence electrons. The number of nitrogens with one attached hydrogen (secondary N) is 1. The summed E-state index contributed by atoms with van der Waals surface area (Å²) >= 11 is 0. The zero-order chi connectivity index (χ0) is 21.5. The Bertz CT molecular complexity index is 1050. The molecule has 0 aliphatic heterocycles. The Morgan fingerprint density at radius 3 is 2.57 bits per heavy atom. The second-order valence-corrected chi connectivity index (χ2v) is 6.63. The lowest BCUT2D eigenvalue weighted by molar-refractivity contribution is -0.137. The number of nitrogens with two attached hydrogens (primary N) is 1.